The maximum atomic E-state index is 11.0. The quantitative estimate of drug-likeness (QED) is 0.492. The SMILES string of the molecule is [C-]#[N+]C1=C(O)[C@@]2(C)O[C@]23CC[C@@H]2[C@@H]4CC[C@](C)(O)[C@@]4(C)CC[C@@H]2[C@@]3(C)C1. The van der Waals surface area contributed by atoms with Crippen molar-refractivity contribution in [2.24, 2.45) is 28.6 Å². The molecule has 3 saturated carbocycles. The van der Waals surface area contributed by atoms with E-state index in [4.69, 9.17) is 11.3 Å². The van der Waals surface area contributed by atoms with Gasteiger partial charge in [0.25, 0.3) is 0 Å². The molecule has 2 N–H and O–H groups in total. The van der Waals surface area contributed by atoms with Gasteiger partial charge in [0.2, 0.25) is 5.70 Å². The standard InChI is InChI=1S/C22H31NO3/c1-18-9-7-15-13(14(18)8-10-20(18,3)25)6-11-22-19(15,2)12-16(23-5)17(24)21(22,4)26-22/h13-15,24-25H,6-12H2,1-4H3/t13-,14+,15+,18+,19-,20+,21-,22+/m1/s1. The van der Waals surface area contributed by atoms with Crippen molar-refractivity contribution < 1.29 is 14.9 Å². The zero-order chi connectivity index (χ0) is 18.8. The fourth-order valence-corrected chi connectivity index (χ4v) is 8.27. The molecule has 1 aliphatic heterocycles. The van der Waals surface area contributed by atoms with Crippen LogP contribution in [-0.4, -0.2) is 27.0 Å². The Morgan fingerprint density at radius 3 is 2.35 bits per heavy atom. The number of allylic oxidation sites excluding steroid dienone is 1. The lowest BCUT2D eigenvalue weighted by Gasteiger charge is -2.60. The third kappa shape index (κ3) is 1.53. The highest BCUT2D eigenvalue weighted by atomic mass is 16.6. The predicted octanol–water partition coefficient (Wildman–Crippen LogP) is 4.60. The summed E-state index contributed by atoms with van der Waals surface area (Å²) in [4.78, 5) is 3.68. The van der Waals surface area contributed by atoms with Crippen LogP contribution in [0.15, 0.2) is 11.5 Å². The first-order chi connectivity index (χ1) is 12.1. The number of aliphatic hydroxyl groups is 2. The van der Waals surface area contributed by atoms with Crippen molar-refractivity contribution in [3.63, 3.8) is 0 Å². The summed E-state index contributed by atoms with van der Waals surface area (Å²) in [6.07, 6.45) is 6.88. The highest BCUT2D eigenvalue weighted by molar-refractivity contribution is 5.44. The monoisotopic (exact) mass is 357 g/mol. The van der Waals surface area contributed by atoms with Crippen molar-refractivity contribution in [1.29, 1.82) is 0 Å². The van der Waals surface area contributed by atoms with Crippen LogP contribution in [0.2, 0.25) is 0 Å². The highest BCUT2D eigenvalue weighted by Crippen LogP contribution is 2.77. The maximum absolute atomic E-state index is 11.0. The molecule has 4 fully saturated rings. The molecule has 0 aromatic carbocycles. The zero-order valence-electron chi connectivity index (χ0n) is 16.4. The van der Waals surface area contributed by atoms with Gasteiger partial charge in [-0.1, -0.05) is 13.8 Å². The van der Waals surface area contributed by atoms with Gasteiger partial charge in [-0.15, -0.1) is 0 Å². The van der Waals surface area contributed by atoms with Gasteiger partial charge < -0.3 is 14.9 Å². The minimum Gasteiger partial charge on any atom is -0.521 e. The van der Waals surface area contributed by atoms with Crippen LogP contribution in [0.25, 0.3) is 4.85 Å². The first-order valence-corrected chi connectivity index (χ1v) is 10.3. The van der Waals surface area contributed by atoms with E-state index in [1.807, 2.05) is 13.8 Å². The van der Waals surface area contributed by atoms with Crippen LogP contribution in [0, 0.1) is 35.2 Å². The normalized spacial score (nSPS) is 60.4. The van der Waals surface area contributed by atoms with Crippen LogP contribution in [0.3, 0.4) is 0 Å². The molecule has 0 bridgehead atoms. The summed E-state index contributed by atoms with van der Waals surface area (Å²) in [6.45, 7) is 16.2. The lowest BCUT2D eigenvalue weighted by atomic mass is 9.43. The van der Waals surface area contributed by atoms with Gasteiger partial charge in [-0.05, 0) is 87.4 Å². The Hall–Kier alpha value is -1.05. The number of epoxide rings is 1. The largest absolute Gasteiger partial charge is 0.521 e. The summed E-state index contributed by atoms with van der Waals surface area (Å²) in [5.41, 5.74) is -1.09. The number of rotatable bonds is 0. The predicted molar refractivity (Wildman–Crippen MR) is 98.1 cm³/mol. The molecule has 0 aromatic heterocycles. The first-order valence-electron chi connectivity index (χ1n) is 10.3. The molecule has 4 heteroatoms. The molecule has 5 aliphatic rings. The Morgan fingerprint density at radius 2 is 1.65 bits per heavy atom. The summed E-state index contributed by atoms with van der Waals surface area (Å²) in [5.74, 6) is 1.85. The molecule has 4 aliphatic carbocycles. The van der Waals surface area contributed by atoms with E-state index >= 15 is 0 Å². The number of nitrogens with zero attached hydrogens (tertiary/aromatic N) is 1. The zero-order valence-corrected chi connectivity index (χ0v) is 16.4. The van der Waals surface area contributed by atoms with Crippen LogP contribution in [0.5, 0.6) is 0 Å². The Morgan fingerprint density at radius 1 is 1.00 bits per heavy atom. The van der Waals surface area contributed by atoms with Gasteiger partial charge in [0, 0.05) is 0 Å². The van der Waals surface area contributed by atoms with E-state index in [1.165, 1.54) is 0 Å². The van der Waals surface area contributed by atoms with Crippen molar-refractivity contribution in [2.45, 2.75) is 89.4 Å². The van der Waals surface area contributed by atoms with Crippen LogP contribution in [-0.2, 0) is 4.74 Å². The summed E-state index contributed by atoms with van der Waals surface area (Å²) >= 11 is 0. The van der Waals surface area contributed by atoms with Crippen molar-refractivity contribution in [2.75, 3.05) is 0 Å². The third-order valence-electron chi connectivity index (χ3n) is 10.1. The van der Waals surface area contributed by atoms with Crippen molar-refractivity contribution >= 4 is 0 Å². The molecule has 1 heterocycles. The second-order valence-electron chi connectivity index (χ2n) is 10.6. The van der Waals surface area contributed by atoms with Crippen molar-refractivity contribution in [3.8, 4) is 0 Å². The molecular formula is C22H31NO3. The third-order valence-corrected chi connectivity index (χ3v) is 10.1. The molecule has 142 valence electrons. The maximum Gasteiger partial charge on any atom is 0.205 e. The van der Waals surface area contributed by atoms with Crippen molar-refractivity contribution in [3.05, 3.63) is 22.9 Å². The summed E-state index contributed by atoms with van der Waals surface area (Å²) in [7, 11) is 0. The van der Waals surface area contributed by atoms with Gasteiger partial charge in [0.05, 0.1) is 12.2 Å². The van der Waals surface area contributed by atoms with Crippen LogP contribution < -0.4 is 0 Å². The number of ether oxygens (including phenoxy) is 1. The second kappa shape index (κ2) is 4.50. The van der Waals surface area contributed by atoms with E-state index in [0.717, 1.165) is 38.5 Å². The molecule has 0 aromatic rings. The highest BCUT2D eigenvalue weighted by Gasteiger charge is 2.82. The molecule has 4 nitrogen and oxygen atoms in total. The molecule has 0 radical (unpaired) electrons. The van der Waals surface area contributed by atoms with E-state index in [1.54, 1.807) is 0 Å². The van der Waals surface area contributed by atoms with Gasteiger partial charge in [-0.2, -0.15) is 0 Å². The van der Waals surface area contributed by atoms with Gasteiger partial charge in [-0.25, -0.2) is 4.85 Å². The van der Waals surface area contributed by atoms with Crippen molar-refractivity contribution in [1.82, 2.24) is 0 Å². The minimum atomic E-state index is -0.660. The Balaban J connectivity index is 1.57. The van der Waals surface area contributed by atoms with Gasteiger partial charge in [0.1, 0.15) is 17.0 Å². The molecule has 0 unspecified atom stereocenters. The van der Waals surface area contributed by atoms with E-state index in [0.29, 0.717) is 29.9 Å². The fourth-order valence-electron chi connectivity index (χ4n) is 8.27. The average Bonchev–Trinajstić information content (AvgIpc) is 3.14. The van der Waals surface area contributed by atoms with Gasteiger partial charge in [0.15, 0.2) is 0 Å². The molecular weight excluding hydrogens is 326 g/mol. The molecule has 1 saturated heterocycles. The number of fused-ring (bicyclic) bond motifs is 4. The van der Waals surface area contributed by atoms with E-state index in [-0.39, 0.29) is 22.2 Å². The van der Waals surface area contributed by atoms with E-state index in [9.17, 15) is 10.2 Å². The molecule has 0 amide bonds. The molecule has 8 atom stereocenters. The Kier molecular flexibility index (Phi) is 2.95. The number of hydrogen-bond acceptors (Lipinski definition) is 3. The molecule has 5 rings (SSSR count). The Labute approximate surface area is 156 Å². The topological polar surface area (TPSA) is 57.3 Å². The van der Waals surface area contributed by atoms with Gasteiger partial charge >= 0.3 is 0 Å². The molecule has 26 heavy (non-hydrogen) atoms. The van der Waals surface area contributed by atoms with E-state index < -0.39 is 11.2 Å². The Bertz CT molecular complexity index is 766. The minimum absolute atomic E-state index is 0.0119. The van der Waals surface area contributed by atoms with Crippen LogP contribution >= 0.6 is 0 Å². The number of hydrogen-bond donors (Lipinski definition) is 2. The second-order valence-corrected chi connectivity index (χ2v) is 10.6. The smallest absolute Gasteiger partial charge is 0.205 e. The number of aliphatic hydroxyl groups excluding tert-OH is 1. The fraction of sp³-hybridized carbons (Fsp3) is 0.864. The van der Waals surface area contributed by atoms with Crippen LogP contribution in [0.4, 0.5) is 0 Å². The average molecular weight is 357 g/mol. The lowest BCUT2D eigenvalue weighted by Crippen LogP contribution is -2.60. The summed E-state index contributed by atoms with van der Waals surface area (Å²) in [6, 6.07) is 0. The molecule has 1 spiro atoms. The summed E-state index contributed by atoms with van der Waals surface area (Å²) < 4.78 is 6.33. The van der Waals surface area contributed by atoms with Gasteiger partial charge in [-0.3, -0.25) is 0 Å². The van der Waals surface area contributed by atoms with E-state index in [2.05, 4.69) is 18.7 Å². The summed E-state index contributed by atoms with van der Waals surface area (Å²) in [5, 5.41) is 21.7. The van der Waals surface area contributed by atoms with Crippen LogP contribution in [0.1, 0.15) is 72.6 Å². The first kappa shape index (κ1) is 17.1. The lowest BCUT2D eigenvalue weighted by molar-refractivity contribution is -0.143.